The van der Waals surface area contributed by atoms with E-state index in [1.165, 1.54) is 12.1 Å². The molecule has 0 bridgehead atoms. The number of hydrogen-bond acceptors (Lipinski definition) is 0. The van der Waals surface area contributed by atoms with Crippen molar-refractivity contribution in [3.63, 3.8) is 0 Å². The Morgan fingerprint density at radius 3 is 2.08 bits per heavy atom. The van der Waals surface area contributed by atoms with E-state index in [1.807, 2.05) is 0 Å². The van der Waals surface area contributed by atoms with Crippen LogP contribution in [0.3, 0.4) is 0 Å². The first-order valence-electron chi connectivity index (χ1n) is 4.61. The first-order valence-corrected chi connectivity index (χ1v) is 4.61. The van der Waals surface area contributed by atoms with Gasteiger partial charge in [-0.1, -0.05) is 6.92 Å². The smallest absolute Gasteiger partial charge is 0.126 e. The molecule has 1 fully saturated rings. The third kappa shape index (κ3) is 1.71. The van der Waals surface area contributed by atoms with Gasteiger partial charge < -0.3 is 0 Å². The molecular formula is C11H12F2. The second-order valence-electron chi connectivity index (χ2n) is 3.98. The van der Waals surface area contributed by atoms with Crippen molar-refractivity contribution < 1.29 is 8.78 Å². The molecule has 70 valence electrons. The molecule has 1 aromatic rings. The molecule has 2 heteroatoms. The lowest BCUT2D eigenvalue weighted by molar-refractivity contribution is 0.287. The molecule has 13 heavy (non-hydrogen) atoms. The molecule has 0 saturated heterocycles. The lowest BCUT2D eigenvalue weighted by atomic mass is 9.72. The van der Waals surface area contributed by atoms with Gasteiger partial charge in [0, 0.05) is 6.07 Å². The van der Waals surface area contributed by atoms with Gasteiger partial charge in [-0.05, 0) is 42.4 Å². The highest BCUT2D eigenvalue weighted by molar-refractivity contribution is 5.23. The maximum absolute atomic E-state index is 12.8. The minimum Gasteiger partial charge on any atom is -0.207 e. The highest BCUT2D eigenvalue weighted by Gasteiger charge is 2.27. The summed E-state index contributed by atoms with van der Waals surface area (Å²) in [7, 11) is 0. The van der Waals surface area contributed by atoms with Crippen LogP contribution in [0.5, 0.6) is 0 Å². The maximum Gasteiger partial charge on any atom is 0.126 e. The van der Waals surface area contributed by atoms with Gasteiger partial charge in [0.25, 0.3) is 0 Å². The van der Waals surface area contributed by atoms with Crippen LogP contribution in [0, 0.1) is 17.6 Å². The summed E-state index contributed by atoms with van der Waals surface area (Å²) in [5.74, 6) is 0.153. The van der Waals surface area contributed by atoms with Crippen molar-refractivity contribution in [1.29, 1.82) is 0 Å². The first kappa shape index (κ1) is 8.67. The van der Waals surface area contributed by atoms with Crippen LogP contribution in [-0.2, 0) is 0 Å². The summed E-state index contributed by atoms with van der Waals surface area (Å²) in [5, 5.41) is 0. The predicted molar refractivity (Wildman–Crippen MR) is 47.5 cm³/mol. The Morgan fingerprint density at radius 1 is 1.08 bits per heavy atom. The van der Waals surface area contributed by atoms with E-state index in [2.05, 4.69) is 6.92 Å². The SMILES string of the molecule is CC1CC(c2cc(F)cc(F)c2)C1. The molecule has 2 rings (SSSR count). The van der Waals surface area contributed by atoms with Crippen LogP contribution in [0.25, 0.3) is 0 Å². The number of halogens is 2. The summed E-state index contributed by atoms with van der Waals surface area (Å²) in [4.78, 5) is 0. The van der Waals surface area contributed by atoms with Crippen LogP contribution >= 0.6 is 0 Å². The molecular weight excluding hydrogens is 170 g/mol. The fourth-order valence-corrected chi connectivity index (χ4v) is 1.99. The van der Waals surface area contributed by atoms with Gasteiger partial charge in [0.2, 0.25) is 0 Å². The lowest BCUT2D eigenvalue weighted by Gasteiger charge is -2.33. The summed E-state index contributed by atoms with van der Waals surface area (Å²) in [6.45, 7) is 2.16. The molecule has 0 spiro atoms. The van der Waals surface area contributed by atoms with Crippen LogP contribution in [0.4, 0.5) is 8.78 Å². The van der Waals surface area contributed by atoms with Crippen molar-refractivity contribution in [2.75, 3.05) is 0 Å². The van der Waals surface area contributed by atoms with Crippen LogP contribution in [0.15, 0.2) is 18.2 Å². The summed E-state index contributed by atoms with van der Waals surface area (Å²) < 4.78 is 25.6. The minimum absolute atomic E-state index is 0.375. The van der Waals surface area contributed by atoms with Crippen molar-refractivity contribution >= 4 is 0 Å². The Bertz CT molecular complexity index is 294. The van der Waals surface area contributed by atoms with E-state index in [1.54, 1.807) is 0 Å². The second-order valence-corrected chi connectivity index (χ2v) is 3.98. The van der Waals surface area contributed by atoms with Crippen molar-refractivity contribution in [3.8, 4) is 0 Å². The second kappa shape index (κ2) is 3.09. The average molecular weight is 182 g/mol. The monoisotopic (exact) mass is 182 g/mol. The lowest BCUT2D eigenvalue weighted by Crippen LogP contribution is -2.19. The summed E-state index contributed by atoms with van der Waals surface area (Å²) in [6, 6.07) is 3.81. The molecule has 0 atom stereocenters. The zero-order valence-electron chi connectivity index (χ0n) is 7.56. The quantitative estimate of drug-likeness (QED) is 0.623. The first-order chi connectivity index (χ1) is 6.15. The van der Waals surface area contributed by atoms with Crippen LogP contribution in [-0.4, -0.2) is 0 Å². The molecule has 0 nitrogen and oxygen atoms in total. The third-order valence-corrected chi connectivity index (χ3v) is 2.73. The Labute approximate surface area is 76.6 Å². The van der Waals surface area contributed by atoms with Gasteiger partial charge in [-0.25, -0.2) is 8.78 Å². The molecule has 1 aromatic carbocycles. The van der Waals surface area contributed by atoms with Gasteiger partial charge in [-0.15, -0.1) is 0 Å². The normalized spacial score (nSPS) is 27.0. The topological polar surface area (TPSA) is 0 Å². The van der Waals surface area contributed by atoms with E-state index in [0.29, 0.717) is 11.8 Å². The Morgan fingerprint density at radius 2 is 1.62 bits per heavy atom. The van der Waals surface area contributed by atoms with Gasteiger partial charge in [-0.2, -0.15) is 0 Å². The van der Waals surface area contributed by atoms with Gasteiger partial charge >= 0.3 is 0 Å². The fraction of sp³-hybridized carbons (Fsp3) is 0.455. The van der Waals surface area contributed by atoms with E-state index < -0.39 is 11.6 Å². The standard InChI is InChI=1S/C11H12F2/c1-7-2-8(3-7)9-4-10(12)6-11(13)5-9/h4-8H,2-3H2,1H3. The molecule has 1 aliphatic rings. The van der Waals surface area contributed by atoms with Crippen LogP contribution < -0.4 is 0 Å². The Kier molecular flexibility index (Phi) is 2.06. The summed E-state index contributed by atoms with van der Waals surface area (Å²) >= 11 is 0. The van der Waals surface area contributed by atoms with E-state index in [9.17, 15) is 8.78 Å². The zero-order valence-corrected chi connectivity index (χ0v) is 7.56. The largest absolute Gasteiger partial charge is 0.207 e. The van der Waals surface area contributed by atoms with Crippen molar-refractivity contribution in [1.82, 2.24) is 0 Å². The fourth-order valence-electron chi connectivity index (χ4n) is 1.99. The molecule has 0 aliphatic heterocycles. The van der Waals surface area contributed by atoms with E-state index >= 15 is 0 Å². The predicted octanol–water partition coefficient (Wildman–Crippen LogP) is 3.48. The van der Waals surface area contributed by atoms with E-state index in [4.69, 9.17) is 0 Å². The zero-order chi connectivity index (χ0) is 9.42. The summed E-state index contributed by atoms with van der Waals surface area (Å²) in [5.41, 5.74) is 0.815. The number of benzene rings is 1. The summed E-state index contributed by atoms with van der Waals surface area (Å²) in [6.07, 6.45) is 2.12. The molecule has 0 heterocycles. The van der Waals surface area contributed by atoms with Crippen molar-refractivity contribution in [2.24, 2.45) is 5.92 Å². The van der Waals surface area contributed by atoms with Gasteiger partial charge in [0.05, 0.1) is 0 Å². The molecule has 1 saturated carbocycles. The minimum atomic E-state index is -0.463. The van der Waals surface area contributed by atoms with Crippen molar-refractivity contribution in [3.05, 3.63) is 35.4 Å². The van der Waals surface area contributed by atoms with Gasteiger partial charge in [0.15, 0.2) is 0 Å². The molecule has 0 N–H and O–H groups in total. The number of rotatable bonds is 1. The average Bonchev–Trinajstić information content (AvgIpc) is 1.96. The molecule has 0 radical (unpaired) electrons. The number of hydrogen-bond donors (Lipinski definition) is 0. The van der Waals surface area contributed by atoms with Crippen LogP contribution in [0.1, 0.15) is 31.2 Å². The van der Waals surface area contributed by atoms with Gasteiger partial charge in [-0.3, -0.25) is 0 Å². The van der Waals surface area contributed by atoms with Crippen molar-refractivity contribution in [2.45, 2.75) is 25.7 Å². The molecule has 1 aliphatic carbocycles. The highest BCUT2D eigenvalue weighted by atomic mass is 19.1. The van der Waals surface area contributed by atoms with Crippen LogP contribution in [0.2, 0.25) is 0 Å². The third-order valence-electron chi connectivity index (χ3n) is 2.73. The Balaban J connectivity index is 2.21. The van der Waals surface area contributed by atoms with E-state index in [-0.39, 0.29) is 0 Å². The highest BCUT2D eigenvalue weighted by Crippen LogP contribution is 2.41. The molecule has 0 aromatic heterocycles. The molecule has 0 amide bonds. The van der Waals surface area contributed by atoms with E-state index in [0.717, 1.165) is 24.5 Å². The molecule has 0 unspecified atom stereocenters. The maximum atomic E-state index is 12.8. The van der Waals surface area contributed by atoms with Gasteiger partial charge in [0.1, 0.15) is 11.6 Å². The Hall–Kier alpha value is -0.920.